The van der Waals surface area contributed by atoms with E-state index < -0.39 is 10.0 Å². The SMILES string of the molecule is CC(C)NS(=O)(=O)c1ccc(C(=O)N2CCN(Cc3ccc(F)cc3Cl)CC2)cc1. The fourth-order valence-electron chi connectivity index (χ4n) is 3.34. The van der Waals surface area contributed by atoms with Gasteiger partial charge in [0.25, 0.3) is 5.91 Å². The monoisotopic (exact) mass is 453 g/mol. The second-order valence-corrected chi connectivity index (χ2v) is 9.73. The largest absolute Gasteiger partial charge is 0.336 e. The summed E-state index contributed by atoms with van der Waals surface area (Å²) in [5, 5.41) is 0.399. The molecule has 1 N–H and O–H groups in total. The summed E-state index contributed by atoms with van der Waals surface area (Å²) in [6.07, 6.45) is 0. The molecule has 1 aliphatic heterocycles. The predicted octanol–water partition coefficient (Wildman–Crippen LogP) is 3.12. The molecule has 162 valence electrons. The maximum absolute atomic E-state index is 13.2. The van der Waals surface area contributed by atoms with Gasteiger partial charge in [-0.25, -0.2) is 17.5 Å². The van der Waals surface area contributed by atoms with Crippen LogP contribution in [0.2, 0.25) is 5.02 Å². The van der Waals surface area contributed by atoms with Gasteiger partial charge in [0.2, 0.25) is 10.0 Å². The highest BCUT2D eigenvalue weighted by Crippen LogP contribution is 2.20. The lowest BCUT2D eigenvalue weighted by atomic mass is 10.1. The van der Waals surface area contributed by atoms with Crippen LogP contribution in [0.5, 0.6) is 0 Å². The fourth-order valence-corrected chi connectivity index (χ4v) is 4.82. The second-order valence-electron chi connectivity index (χ2n) is 7.60. The van der Waals surface area contributed by atoms with Crippen molar-refractivity contribution in [2.24, 2.45) is 0 Å². The Morgan fingerprint density at radius 1 is 1.10 bits per heavy atom. The van der Waals surface area contributed by atoms with Gasteiger partial charge in [-0.1, -0.05) is 17.7 Å². The number of halogens is 2. The number of benzene rings is 2. The minimum Gasteiger partial charge on any atom is -0.336 e. The fraction of sp³-hybridized carbons (Fsp3) is 0.381. The molecule has 2 aromatic carbocycles. The van der Waals surface area contributed by atoms with Crippen molar-refractivity contribution in [3.63, 3.8) is 0 Å². The molecule has 0 saturated carbocycles. The van der Waals surface area contributed by atoms with Crippen LogP contribution in [0.25, 0.3) is 0 Å². The maximum Gasteiger partial charge on any atom is 0.253 e. The lowest BCUT2D eigenvalue weighted by Crippen LogP contribution is -2.48. The molecule has 0 atom stereocenters. The maximum atomic E-state index is 13.2. The molecule has 3 rings (SSSR count). The summed E-state index contributed by atoms with van der Waals surface area (Å²) in [5.41, 5.74) is 1.30. The standard InChI is InChI=1S/C21H25ClFN3O3S/c1-15(2)24-30(28,29)19-7-4-16(5-8-19)21(27)26-11-9-25(10-12-26)14-17-3-6-18(23)13-20(17)22/h3-8,13,15,24H,9-12,14H2,1-2H3. The average Bonchev–Trinajstić information content (AvgIpc) is 2.69. The molecule has 1 saturated heterocycles. The van der Waals surface area contributed by atoms with E-state index in [1.807, 2.05) is 0 Å². The highest BCUT2D eigenvalue weighted by Gasteiger charge is 2.23. The summed E-state index contributed by atoms with van der Waals surface area (Å²) < 4.78 is 40.1. The van der Waals surface area contributed by atoms with Gasteiger partial charge in [0.05, 0.1) is 4.90 Å². The van der Waals surface area contributed by atoms with Crippen LogP contribution in [-0.4, -0.2) is 56.3 Å². The number of rotatable bonds is 6. The van der Waals surface area contributed by atoms with Crippen LogP contribution >= 0.6 is 11.6 Å². The number of nitrogens with one attached hydrogen (secondary N) is 1. The normalized spacial score (nSPS) is 15.6. The first-order chi connectivity index (χ1) is 14.2. The molecule has 0 spiro atoms. The van der Waals surface area contributed by atoms with E-state index in [9.17, 15) is 17.6 Å². The number of sulfonamides is 1. The molecule has 1 heterocycles. The van der Waals surface area contributed by atoms with E-state index in [0.29, 0.717) is 43.3 Å². The van der Waals surface area contributed by atoms with Crippen LogP contribution in [0.3, 0.4) is 0 Å². The van der Waals surface area contributed by atoms with Crippen LogP contribution < -0.4 is 4.72 Å². The molecule has 0 bridgehead atoms. The first-order valence-electron chi connectivity index (χ1n) is 9.73. The van der Waals surface area contributed by atoms with Gasteiger partial charge in [-0.15, -0.1) is 0 Å². The number of piperazine rings is 1. The molecule has 0 radical (unpaired) electrons. The molecule has 0 aliphatic carbocycles. The van der Waals surface area contributed by atoms with Crippen LogP contribution in [0.1, 0.15) is 29.8 Å². The zero-order chi connectivity index (χ0) is 21.9. The van der Waals surface area contributed by atoms with E-state index in [0.717, 1.165) is 5.56 Å². The van der Waals surface area contributed by atoms with Crippen molar-refractivity contribution in [3.05, 3.63) is 64.4 Å². The molecule has 6 nitrogen and oxygen atoms in total. The van der Waals surface area contributed by atoms with Crippen molar-refractivity contribution in [1.29, 1.82) is 0 Å². The molecule has 0 unspecified atom stereocenters. The molecule has 1 aliphatic rings. The summed E-state index contributed by atoms with van der Waals surface area (Å²) in [6.45, 7) is 6.53. The molecule has 2 aromatic rings. The van der Waals surface area contributed by atoms with E-state index in [1.54, 1.807) is 36.9 Å². The molecule has 9 heteroatoms. The van der Waals surface area contributed by atoms with E-state index in [1.165, 1.54) is 24.3 Å². The Labute approximate surface area is 181 Å². The first kappa shape index (κ1) is 22.7. The molecule has 30 heavy (non-hydrogen) atoms. The Bertz CT molecular complexity index is 1000. The average molecular weight is 454 g/mol. The Morgan fingerprint density at radius 3 is 2.30 bits per heavy atom. The van der Waals surface area contributed by atoms with Crippen molar-refractivity contribution < 1.29 is 17.6 Å². The van der Waals surface area contributed by atoms with Crippen molar-refractivity contribution in [2.45, 2.75) is 31.3 Å². The van der Waals surface area contributed by atoms with Crippen molar-refractivity contribution >= 4 is 27.5 Å². The van der Waals surface area contributed by atoms with Gasteiger partial charge in [0.1, 0.15) is 5.82 Å². The van der Waals surface area contributed by atoms with E-state index in [2.05, 4.69) is 9.62 Å². The van der Waals surface area contributed by atoms with Crippen LogP contribution in [0.4, 0.5) is 4.39 Å². The zero-order valence-electron chi connectivity index (χ0n) is 16.9. The van der Waals surface area contributed by atoms with Crippen LogP contribution in [0, 0.1) is 5.82 Å². The Kier molecular flexibility index (Phi) is 7.13. The van der Waals surface area contributed by atoms with Gasteiger partial charge in [-0.05, 0) is 55.8 Å². The summed E-state index contributed by atoms with van der Waals surface area (Å²) in [5.74, 6) is -0.492. The van der Waals surface area contributed by atoms with E-state index in [4.69, 9.17) is 11.6 Å². The molecule has 1 amide bonds. The summed E-state index contributed by atoms with van der Waals surface area (Å²) in [6, 6.07) is 10.1. The van der Waals surface area contributed by atoms with Crippen molar-refractivity contribution in [3.8, 4) is 0 Å². The van der Waals surface area contributed by atoms with Gasteiger partial charge in [0.15, 0.2) is 0 Å². The van der Waals surface area contributed by atoms with Gasteiger partial charge in [0, 0.05) is 49.4 Å². The first-order valence-corrected chi connectivity index (χ1v) is 11.6. The lowest BCUT2D eigenvalue weighted by molar-refractivity contribution is 0.0628. The number of nitrogens with zero attached hydrogens (tertiary/aromatic N) is 2. The number of amides is 1. The van der Waals surface area contributed by atoms with Crippen molar-refractivity contribution in [1.82, 2.24) is 14.5 Å². The predicted molar refractivity (Wildman–Crippen MR) is 114 cm³/mol. The third-order valence-corrected chi connectivity index (χ3v) is 6.90. The van der Waals surface area contributed by atoms with Crippen molar-refractivity contribution in [2.75, 3.05) is 26.2 Å². The van der Waals surface area contributed by atoms with E-state index >= 15 is 0 Å². The Hall–Kier alpha value is -2.00. The summed E-state index contributed by atoms with van der Waals surface area (Å²) in [4.78, 5) is 16.8. The minimum atomic E-state index is -3.59. The highest BCUT2D eigenvalue weighted by atomic mass is 35.5. The van der Waals surface area contributed by atoms with Gasteiger partial charge in [-0.3, -0.25) is 9.69 Å². The molecular formula is C21H25ClFN3O3S. The minimum absolute atomic E-state index is 0.129. The van der Waals surface area contributed by atoms with Gasteiger partial charge < -0.3 is 4.90 Å². The second kappa shape index (κ2) is 9.43. The van der Waals surface area contributed by atoms with Crippen LogP contribution in [-0.2, 0) is 16.6 Å². The zero-order valence-corrected chi connectivity index (χ0v) is 18.5. The third-order valence-electron chi connectivity index (χ3n) is 4.87. The molecule has 0 aromatic heterocycles. The molecular weight excluding hydrogens is 429 g/mol. The van der Waals surface area contributed by atoms with Gasteiger partial charge in [-0.2, -0.15) is 0 Å². The van der Waals surface area contributed by atoms with Crippen LogP contribution in [0.15, 0.2) is 47.4 Å². The van der Waals surface area contributed by atoms with Gasteiger partial charge >= 0.3 is 0 Å². The Balaban J connectivity index is 1.58. The number of carbonyl (C=O) groups is 1. The smallest absolute Gasteiger partial charge is 0.253 e. The number of hydrogen-bond acceptors (Lipinski definition) is 4. The molecule has 1 fully saturated rings. The Morgan fingerprint density at radius 2 is 1.73 bits per heavy atom. The summed E-state index contributed by atoms with van der Waals surface area (Å²) in [7, 11) is -3.59. The lowest BCUT2D eigenvalue weighted by Gasteiger charge is -2.35. The third kappa shape index (κ3) is 5.57. The number of carbonyl (C=O) groups excluding carboxylic acids is 1. The van der Waals surface area contributed by atoms with E-state index in [-0.39, 0.29) is 22.7 Å². The number of hydrogen-bond donors (Lipinski definition) is 1. The quantitative estimate of drug-likeness (QED) is 0.729. The summed E-state index contributed by atoms with van der Waals surface area (Å²) >= 11 is 6.10. The topological polar surface area (TPSA) is 69.7 Å². The highest BCUT2D eigenvalue weighted by molar-refractivity contribution is 7.89.